The van der Waals surface area contributed by atoms with Gasteiger partial charge in [-0.05, 0) is 30.7 Å². The molecule has 1 aromatic carbocycles. The molecule has 1 heterocycles. The van der Waals surface area contributed by atoms with E-state index in [0.717, 1.165) is 12.1 Å². The summed E-state index contributed by atoms with van der Waals surface area (Å²) in [6.07, 6.45) is 0.684. The predicted molar refractivity (Wildman–Crippen MR) is 76.5 cm³/mol. The van der Waals surface area contributed by atoms with Crippen LogP contribution in [0.25, 0.3) is 0 Å². The SMILES string of the molecule is CCN(Cc1ccc(C(=O)O)cc1)C1CCS(=O)(=O)C1. The van der Waals surface area contributed by atoms with Gasteiger partial charge >= 0.3 is 5.97 Å². The van der Waals surface area contributed by atoms with Crippen molar-refractivity contribution in [3.05, 3.63) is 35.4 Å². The Hall–Kier alpha value is -1.40. The molecule has 1 aromatic rings. The maximum atomic E-state index is 11.5. The molecule has 0 radical (unpaired) electrons. The standard InChI is InChI=1S/C14H19NO4S/c1-2-15(13-7-8-20(18,19)10-13)9-11-3-5-12(6-4-11)14(16)17/h3-6,13H,2,7-10H2,1H3,(H,16,17). The first-order valence-corrected chi connectivity index (χ1v) is 8.50. The highest BCUT2D eigenvalue weighted by Gasteiger charge is 2.31. The summed E-state index contributed by atoms with van der Waals surface area (Å²) < 4.78 is 23.1. The van der Waals surface area contributed by atoms with Crippen LogP contribution in [0.4, 0.5) is 0 Å². The van der Waals surface area contributed by atoms with Crippen LogP contribution in [0, 0.1) is 0 Å². The Balaban J connectivity index is 2.05. The molecule has 1 aliphatic rings. The van der Waals surface area contributed by atoms with Crippen molar-refractivity contribution in [3.63, 3.8) is 0 Å². The zero-order valence-electron chi connectivity index (χ0n) is 11.4. The molecule has 1 unspecified atom stereocenters. The lowest BCUT2D eigenvalue weighted by Crippen LogP contribution is -2.35. The van der Waals surface area contributed by atoms with Crippen LogP contribution in [0.3, 0.4) is 0 Å². The average molecular weight is 297 g/mol. The predicted octanol–water partition coefficient (Wildman–Crippen LogP) is 1.39. The van der Waals surface area contributed by atoms with E-state index < -0.39 is 15.8 Å². The molecule has 0 amide bonds. The van der Waals surface area contributed by atoms with Gasteiger partial charge in [-0.1, -0.05) is 19.1 Å². The first kappa shape index (κ1) is 15.0. The van der Waals surface area contributed by atoms with Crippen LogP contribution in [0.2, 0.25) is 0 Å². The van der Waals surface area contributed by atoms with E-state index in [4.69, 9.17) is 5.11 Å². The van der Waals surface area contributed by atoms with E-state index in [-0.39, 0.29) is 23.1 Å². The molecule has 6 heteroatoms. The van der Waals surface area contributed by atoms with Gasteiger partial charge in [-0.3, -0.25) is 4.90 Å². The lowest BCUT2D eigenvalue weighted by molar-refractivity contribution is 0.0697. The first-order valence-electron chi connectivity index (χ1n) is 6.68. The Morgan fingerprint density at radius 1 is 1.35 bits per heavy atom. The Kier molecular flexibility index (Phi) is 4.45. The first-order chi connectivity index (χ1) is 9.41. The molecule has 0 bridgehead atoms. The van der Waals surface area contributed by atoms with E-state index in [9.17, 15) is 13.2 Å². The monoisotopic (exact) mass is 297 g/mol. The number of carboxylic acids is 1. The van der Waals surface area contributed by atoms with Crippen molar-refractivity contribution >= 4 is 15.8 Å². The number of carboxylic acid groups (broad SMARTS) is 1. The number of hydrogen-bond donors (Lipinski definition) is 1. The molecule has 110 valence electrons. The fourth-order valence-electron chi connectivity index (χ4n) is 2.55. The zero-order valence-corrected chi connectivity index (χ0v) is 12.3. The number of sulfone groups is 1. The lowest BCUT2D eigenvalue weighted by Gasteiger charge is -2.26. The van der Waals surface area contributed by atoms with Gasteiger partial charge in [0.1, 0.15) is 0 Å². The second-order valence-corrected chi connectivity index (χ2v) is 7.35. The molecule has 0 spiro atoms. The molecule has 1 atom stereocenters. The summed E-state index contributed by atoms with van der Waals surface area (Å²) in [5.41, 5.74) is 1.27. The fourth-order valence-corrected chi connectivity index (χ4v) is 4.31. The molecule has 0 saturated carbocycles. The third-order valence-corrected chi connectivity index (χ3v) is 5.47. The molecule has 5 nitrogen and oxygen atoms in total. The summed E-state index contributed by atoms with van der Waals surface area (Å²) in [5.74, 6) is -0.439. The van der Waals surface area contributed by atoms with Crippen molar-refractivity contribution in [2.75, 3.05) is 18.1 Å². The minimum Gasteiger partial charge on any atom is -0.478 e. The van der Waals surface area contributed by atoms with Gasteiger partial charge in [-0.2, -0.15) is 0 Å². The third kappa shape index (κ3) is 3.58. The summed E-state index contributed by atoms with van der Waals surface area (Å²) in [5, 5.41) is 8.86. The lowest BCUT2D eigenvalue weighted by atomic mass is 10.1. The minimum atomic E-state index is -2.88. The van der Waals surface area contributed by atoms with E-state index in [0.29, 0.717) is 13.0 Å². The molecular formula is C14H19NO4S. The quantitative estimate of drug-likeness (QED) is 0.889. The number of hydrogen-bond acceptors (Lipinski definition) is 4. The summed E-state index contributed by atoms with van der Waals surface area (Å²) in [4.78, 5) is 12.9. The molecule has 1 N–H and O–H groups in total. The molecule has 2 rings (SSSR count). The third-order valence-electron chi connectivity index (χ3n) is 3.72. The second-order valence-electron chi connectivity index (χ2n) is 5.12. The Bertz CT molecular complexity index is 580. The summed E-state index contributed by atoms with van der Waals surface area (Å²) >= 11 is 0. The Morgan fingerprint density at radius 2 is 2.00 bits per heavy atom. The summed E-state index contributed by atoms with van der Waals surface area (Å²) in [6, 6.07) is 6.81. The van der Waals surface area contributed by atoms with Gasteiger partial charge < -0.3 is 5.11 Å². The zero-order chi connectivity index (χ0) is 14.8. The van der Waals surface area contributed by atoms with Crippen molar-refractivity contribution < 1.29 is 18.3 Å². The Morgan fingerprint density at radius 3 is 2.45 bits per heavy atom. The summed E-state index contributed by atoms with van der Waals surface area (Å²) in [6.45, 7) is 3.44. The number of aromatic carboxylic acids is 1. The second kappa shape index (κ2) is 5.93. The van der Waals surface area contributed by atoms with Crippen molar-refractivity contribution in [1.82, 2.24) is 4.90 Å². The molecular weight excluding hydrogens is 278 g/mol. The molecule has 1 saturated heterocycles. The van der Waals surface area contributed by atoms with Crippen LogP contribution in [-0.4, -0.2) is 48.5 Å². The van der Waals surface area contributed by atoms with Gasteiger partial charge in [-0.15, -0.1) is 0 Å². The largest absolute Gasteiger partial charge is 0.478 e. The van der Waals surface area contributed by atoms with Gasteiger partial charge in [0.05, 0.1) is 17.1 Å². The summed E-state index contributed by atoms with van der Waals surface area (Å²) in [7, 11) is -2.88. The highest BCUT2D eigenvalue weighted by molar-refractivity contribution is 7.91. The molecule has 20 heavy (non-hydrogen) atoms. The van der Waals surface area contributed by atoms with Crippen LogP contribution in [-0.2, 0) is 16.4 Å². The number of rotatable bonds is 5. The van der Waals surface area contributed by atoms with Crippen molar-refractivity contribution in [2.45, 2.75) is 25.9 Å². The van der Waals surface area contributed by atoms with E-state index in [1.165, 1.54) is 0 Å². The van der Waals surface area contributed by atoms with Gasteiger partial charge in [-0.25, -0.2) is 13.2 Å². The smallest absolute Gasteiger partial charge is 0.335 e. The van der Waals surface area contributed by atoms with Crippen LogP contribution in [0.5, 0.6) is 0 Å². The van der Waals surface area contributed by atoms with E-state index >= 15 is 0 Å². The van der Waals surface area contributed by atoms with Crippen molar-refractivity contribution in [3.8, 4) is 0 Å². The van der Waals surface area contributed by atoms with Gasteiger partial charge in [0, 0.05) is 12.6 Å². The number of nitrogens with zero attached hydrogens (tertiary/aromatic N) is 1. The van der Waals surface area contributed by atoms with Crippen LogP contribution < -0.4 is 0 Å². The molecule has 0 aromatic heterocycles. The molecule has 1 aliphatic heterocycles. The maximum Gasteiger partial charge on any atom is 0.335 e. The van der Waals surface area contributed by atoms with Gasteiger partial charge in [0.25, 0.3) is 0 Å². The van der Waals surface area contributed by atoms with E-state index in [2.05, 4.69) is 4.90 Å². The van der Waals surface area contributed by atoms with Crippen LogP contribution >= 0.6 is 0 Å². The minimum absolute atomic E-state index is 0.0733. The highest BCUT2D eigenvalue weighted by atomic mass is 32.2. The van der Waals surface area contributed by atoms with E-state index in [1.54, 1.807) is 24.3 Å². The van der Waals surface area contributed by atoms with E-state index in [1.807, 2.05) is 6.92 Å². The number of carbonyl (C=O) groups is 1. The van der Waals surface area contributed by atoms with Gasteiger partial charge in [0.15, 0.2) is 9.84 Å². The topological polar surface area (TPSA) is 74.7 Å². The van der Waals surface area contributed by atoms with Gasteiger partial charge in [0.2, 0.25) is 0 Å². The molecule has 1 fully saturated rings. The maximum absolute atomic E-state index is 11.5. The average Bonchev–Trinajstić information content (AvgIpc) is 2.76. The fraction of sp³-hybridized carbons (Fsp3) is 0.500. The normalized spacial score (nSPS) is 21.2. The number of benzene rings is 1. The molecule has 0 aliphatic carbocycles. The van der Waals surface area contributed by atoms with Crippen molar-refractivity contribution in [1.29, 1.82) is 0 Å². The van der Waals surface area contributed by atoms with Crippen molar-refractivity contribution in [2.24, 2.45) is 0 Å². The van der Waals surface area contributed by atoms with Crippen LogP contribution in [0.15, 0.2) is 24.3 Å². The Labute approximate surface area is 119 Å². The van der Waals surface area contributed by atoms with Crippen LogP contribution in [0.1, 0.15) is 29.3 Å². The highest BCUT2D eigenvalue weighted by Crippen LogP contribution is 2.20.